The highest BCUT2D eigenvalue weighted by Crippen LogP contribution is 2.37. The van der Waals surface area contributed by atoms with Gasteiger partial charge < -0.3 is 0 Å². The smallest absolute Gasteiger partial charge is 0.267 e. The molecule has 1 aromatic heterocycles. The number of hydrogen-bond donors (Lipinski definition) is 0. The fourth-order valence-electron chi connectivity index (χ4n) is 3.95. The first-order valence-corrected chi connectivity index (χ1v) is 9.19. The molecule has 1 aliphatic carbocycles. The summed E-state index contributed by atoms with van der Waals surface area (Å²) in [6, 6.07) is 13.4. The van der Waals surface area contributed by atoms with Crippen LogP contribution in [-0.4, -0.2) is 21.6 Å². The molecule has 0 bridgehead atoms. The third-order valence-electron chi connectivity index (χ3n) is 5.31. The Morgan fingerprint density at radius 1 is 1.00 bits per heavy atom. The Morgan fingerprint density at radius 3 is 2.52 bits per heavy atom. The van der Waals surface area contributed by atoms with E-state index in [0.717, 1.165) is 12.0 Å². The van der Waals surface area contributed by atoms with Crippen LogP contribution in [0.15, 0.2) is 60.0 Å². The predicted molar refractivity (Wildman–Crippen MR) is 98.2 cm³/mol. The molecule has 4 nitrogen and oxygen atoms in total. The normalized spacial score (nSPS) is 21.2. The van der Waals surface area contributed by atoms with Gasteiger partial charge in [0.05, 0.1) is 6.04 Å². The van der Waals surface area contributed by atoms with E-state index in [1.54, 1.807) is 11.2 Å². The molecule has 1 fully saturated rings. The summed E-state index contributed by atoms with van der Waals surface area (Å²) in [7, 11) is 0. The lowest BCUT2D eigenvalue weighted by Crippen LogP contribution is -2.27. The van der Waals surface area contributed by atoms with Crippen molar-refractivity contribution in [3.8, 4) is 0 Å². The number of rotatable bonds is 3. The summed E-state index contributed by atoms with van der Waals surface area (Å²) in [4.78, 5) is 17.3. The summed E-state index contributed by atoms with van der Waals surface area (Å²) in [6.45, 7) is 0. The number of hydrazone groups is 1. The van der Waals surface area contributed by atoms with Crippen molar-refractivity contribution in [3.05, 3.63) is 66.0 Å². The second-order valence-electron chi connectivity index (χ2n) is 6.95. The van der Waals surface area contributed by atoms with Crippen LogP contribution in [-0.2, 0) is 0 Å². The van der Waals surface area contributed by atoms with Gasteiger partial charge in [-0.2, -0.15) is 5.10 Å². The van der Waals surface area contributed by atoms with Crippen molar-refractivity contribution in [1.29, 1.82) is 0 Å². The summed E-state index contributed by atoms with van der Waals surface area (Å²) < 4.78 is 0. The number of carbonyl (C=O) groups excluding carboxylic acids is 1. The van der Waals surface area contributed by atoms with Gasteiger partial charge in [-0.1, -0.05) is 43.5 Å². The second kappa shape index (κ2) is 7.18. The topological polar surface area (TPSA) is 45.6 Å². The fraction of sp³-hybridized carbons (Fsp3) is 0.381. The van der Waals surface area contributed by atoms with Gasteiger partial charge in [-0.3, -0.25) is 9.78 Å². The summed E-state index contributed by atoms with van der Waals surface area (Å²) in [5.74, 6) is 0.502. The minimum Gasteiger partial charge on any atom is -0.267 e. The Kier molecular flexibility index (Phi) is 4.59. The molecule has 4 rings (SSSR count). The van der Waals surface area contributed by atoms with Gasteiger partial charge in [0.15, 0.2) is 0 Å². The first-order chi connectivity index (χ1) is 12.3. The highest BCUT2D eigenvalue weighted by molar-refractivity contribution is 5.98. The van der Waals surface area contributed by atoms with E-state index in [0.29, 0.717) is 11.5 Å². The van der Waals surface area contributed by atoms with E-state index in [2.05, 4.69) is 4.98 Å². The van der Waals surface area contributed by atoms with Gasteiger partial charge in [0, 0.05) is 30.1 Å². The predicted octanol–water partition coefficient (Wildman–Crippen LogP) is 4.61. The molecule has 0 N–H and O–H groups in total. The second-order valence-corrected chi connectivity index (χ2v) is 6.95. The molecule has 2 aliphatic rings. The summed E-state index contributed by atoms with van der Waals surface area (Å²) >= 11 is 0. The molecule has 2 aromatic rings. The Bertz CT molecular complexity index is 751. The molecule has 0 spiro atoms. The zero-order chi connectivity index (χ0) is 17.1. The molecule has 128 valence electrons. The Hall–Kier alpha value is -2.49. The van der Waals surface area contributed by atoms with E-state index >= 15 is 0 Å². The Morgan fingerprint density at radius 2 is 1.80 bits per heavy atom. The minimum absolute atomic E-state index is 0.0275. The number of benzene rings is 1. The standard InChI is InChI=1S/C21H23N3O/c25-21(17-10-5-2-6-11-17)24-20(18-12-7-13-22-15-18)14-19(23-24)16-8-3-1-4-9-16/h2,5-7,10-13,15-16,20H,1,3-4,8-9,14H2. The van der Waals surface area contributed by atoms with Crippen molar-refractivity contribution in [2.75, 3.05) is 0 Å². The number of amides is 1. The summed E-state index contributed by atoms with van der Waals surface area (Å²) in [5.41, 5.74) is 2.93. The van der Waals surface area contributed by atoms with Crippen LogP contribution in [0.1, 0.15) is 60.5 Å². The van der Waals surface area contributed by atoms with Crippen molar-refractivity contribution in [3.63, 3.8) is 0 Å². The number of hydrogen-bond acceptors (Lipinski definition) is 3. The van der Waals surface area contributed by atoms with Crippen molar-refractivity contribution in [1.82, 2.24) is 9.99 Å². The summed E-state index contributed by atoms with van der Waals surface area (Å²) in [6.07, 6.45) is 10.7. The average molecular weight is 333 g/mol. The van der Waals surface area contributed by atoms with Gasteiger partial charge in [-0.15, -0.1) is 0 Å². The van der Waals surface area contributed by atoms with Gasteiger partial charge >= 0.3 is 0 Å². The molecular formula is C21H23N3O. The molecule has 0 saturated heterocycles. The average Bonchev–Trinajstić information content (AvgIpc) is 3.15. The van der Waals surface area contributed by atoms with Gasteiger partial charge in [0.25, 0.3) is 5.91 Å². The monoisotopic (exact) mass is 333 g/mol. The molecule has 1 saturated carbocycles. The highest BCUT2D eigenvalue weighted by Gasteiger charge is 2.36. The van der Waals surface area contributed by atoms with E-state index in [1.807, 2.05) is 48.7 Å². The maximum atomic E-state index is 13.1. The van der Waals surface area contributed by atoms with Crippen molar-refractivity contribution in [2.24, 2.45) is 11.0 Å². The molecule has 1 aliphatic heterocycles. The maximum Gasteiger partial charge on any atom is 0.274 e. The largest absolute Gasteiger partial charge is 0.274 e. The molecule has 2 heterocycles. The van der Waals surface area contributed by atoms with Crippen LogP contribution < -0.4 is 0 Å². The van der Waals surface area contributed by atoms with Gasteiger partial charge in [-0.25, -0.2) is 5.01 Å². The first-order valence-electron chi connectivity index (χ1n) is 9.19. The van der Waals surface area contributed by atoms with Crippen LogP contribution in [0.25, 0.3) is 0 Å². The quantitative estimate of drug-likeness (QED) is 0.823. The van der Waals surface area contributed by atoms with Crippen LogP contribution in [0, 0.1) is 5.92 Å². The maximum absolute atomic E-state index is 13.1. The molecule has 4 heteroatoms. The Labute approximate surface area is 148 Å². The number of carbonyl (C=O) groups is 1. The van der Waals surface area contributed by atoms with Crippen LogP contribution in [0.2, 0.25) is 0 Å². The van der Waals surface area contributed by atoms with E-state index in [1.165, 1.54) is 37.8 Å². The molecular weight excluding hydrogens is 310 g/mol. The third-order valence-corrected chi connectivity index (χ3v) is 5.31. The highest BCUT2D eigenvalue weighted by atomic mass is 16.2. The third kappa shape index (κ3) is 3.34. The lowest BCUT2D eigenvalue weighted by atomic mass is 9.83. The number of pyridine rings is 1. The van der Waals surface area contributed by atoms with Crippen molar-refractivity contribution >= 4 is 11.6 Å². The summed E-state index contributed by atoms with van der Waals surface area (Å²) in [5, 5.41) is 6.51. The molecule has 1 amide bonds. The molecule has 0 radical (unpaired) electrons. The lowest BCUT2D eigenvalue weighted by Gasteiger charge is -2.22. The van der Waals surface area contributed by atoms with Crippen molar-refractivity contribution in [2.45, 2.75) is 44.6 Å². The molecule has 1 aromatic carbocycles. The van der Waals surface area contributed by atoms with E-state index in [4.69, 9.17) is 5.10 Å². The van der Waals surface area contributed by atoms with Crippen LogP contribution in [0.4, 0.5) is 0 Å². The molecule has 1 atom stereocenters. The van der Waals surface area contributed by atoms with E-state index in [-0.39, 0.29) is 11.9 Å². The van der Waals surface area contributed by atoms with Crippen LogP contribution >= 0.6 is 0 Å². The van der Waals surface area contributed by atoms with Crippen LogP contribution in [0.5, 0.6) is 0 Å². The van der Waals surface area contributed by atoms with Gasteiger partial charge in [0.1, 0.15) is 0 Å². The Balaban J connectivity index is 1.65. The SMILES string of the molecule is O=C(c1ccccc1)N1N=C(C2CCCCC2)CC1c1cccnc1. The lowest BCUT2D eigenvalue weighted by molar-refractivity contribution is 0.0711. The number of nitrogens with zero attached hydrogens (tertiary/aromatic N) is 3. The molecule has 25 heavy (non-hydrogen) atoms. The first kappa shape index (κ1) is 16.0. The van der Waals surface area contributed by atoms with Gasteiger partial charge in [0.2, 0.25) is 0 Å². The van der Waals surface area contributed by atoms with E-state index < -0.39 is 0 Å². The van der Waals surface area contributed by atoms with Crippen LogP contribution in [0.3, 0.4) is 0 Å². The van der Waals surface area contributed by atoms with Gasteiger partial charge in [-0.05, 0) is 42.5 Å². The zero-order valence-electron chi connectivity index (χ0n) is 14.3. The molecule has 1 unspecified atom stereocenters. The zero-order valence-corrected chi connectivity index (χ0v) is 14.3. The minimum atomic E-state index is -0.0432. The fourth-order valence-corrected chi connectivity index (χ4v) is 3.95. The van der Waals surface area contributed by atoms with Crippen molar-refractivity contribution < 1.29 is 4.79 Å². The number of aromatic nitrogens is 1. The van der Waals surface area contributed by atoms with E-state index in [9.17, 15) is 4.79 Å².